The van der Waals surface area contributed by atoms with Crippen LogP contribution in [0.4, 0.5) is 0 Å². The Hall–Kier alpha value is -1.71. The van der Waals surface area contributed by atoms with Crippen LogP contribution in [-0.2, 0) is 33.3 Å². The lowest BCUT2D eigenvalue weighted by Crippen LogP contribution is -2.74. The summed E-state index contributed by atoms with van der Waals surface area (Å²) >= 11 is 0. The first-order valence-electron chi connectivity index (χ1n) is 13.0. The van der Waals surface area contributed by atoms with E-state index in [4.69, 9.17) is 18.9 Å². The lowest BCUT2D eigenvalue weighted by Gasteiger charge is -2.69. The number of carbonyl (C=O) groups is 3. The maximum absolute atomic E-state index is 12.9. The minimum absolute atomic E-state index is 0.176. The fraction of sp³-hybridized carbons (Fsp3) is 0.885. The minimum atomic E-state index is -1.35. The molecule has 3 saturated carbocycles. The van der Waals surface area contributed by atoms with Gasteiger partial charge in [-0.15, -0.1) is 0 Å². The maximum Gasteiger partial charge on any atom is 0.311 e. The Bertz CT molecular complexity index is 916. The SMILES string of the molecule is CCCC(=O)OC1C(O)C2C(C)(C)C(OC(C)=O)CCC2(C)C2CCC3C(=O)OC4OC(O)C12C43. The Morgan fingerprint density at radius 2 is 1.83 bits per heavy atom. The number of hydrogen-bond acceptors (Lipinski definition) is 9. The summed E-state index contributed by atoms with van der Waals surface area (Å²) in [5.41, 5.74) is -2.28. The smallest absolute Gasteiger partial charge is 0.311 e. The topological polar surface area (TPSA) is 129 Å². The van der Waals surface area contributed by atoms with Gasteiger partial charge in [-0.1, -0.05) is 27.7 Å². The monoisotopic (exact) mass is 494 g/mol. The van der Waals surface area contributed by atoms with Crippen molar-refractivity contribution in [1.82, 2.24) is 0 Å². The number of aliphatic hydroxyl groups is 2. The molecule has 35 heavy (non-hydrogen) atoms. The van der Waals surface area contributed by atoms with Crippen LogP contribution in [0.3, 0.4) is 0 Å². The Kier molecular flexibility index (Phi) is 5.81. The molecule has 11 atom stereocenters. The molecule has 9 nitrogen and oxygen atoms in total. The average Bonchev–Trinajstić information content (AvgIpc) is 3.23. The van der Waals surface area contributed by atoms with Crippen LogP contribution in [0.2, 0.25) is 0 Å². The number of carbonyl (C=O) groups excluding carboxylic acids is 3. The Balaban J connectivity index is 1.66. The van der Waals surface area contributed by atoms with Crippen LogP contribution in [0.5, 0.6) is 0 Å². The largest absolute Gasteiger partial charge is 0.462 e. The molecule has 2 aliphatic heterocycles. The highest BCUT2D eigenvalue weighted by atomic mass is 16.8. The quantitative estimate of drug-likeness (QED) is 0.447. The van der Waals surface area contributed by atoms with Gasteiger partial charge in [-0.3, -0.25) is 14.4 Å². The van der Waals surface area contributed by atoms with E-state index in [0.717, 1.165) is 0 Å². The third kappa shape index (κ3) is 3.20. The van der Waals surface area contributed by atoms with Crippen LogP contribution >= 0.6 is 0 Å². The summed E-state index contributed by atoms with van der Waals surface area (Å²) in [4.78, 5) is 37.4. The molecule has 0 bridgehead atoms. The zero-order valence-electron chi connectivity index (χ0n) is 21.2. The van der Waals surface area contributed by atoms with Gasteiger partial charge >= 0.3 is 17.9 Å². The number of aliphatic hydroxyl groups excluding tert-OH is 2. The first-order valence-corrected chi connectivity index (χ1v) is 13.0. The highest BCUT2D eigenvalue weighted by Crippen LogP contribution is 2.74. The van der Waals surface area contributed by atoms with Crippen LogP contribution < -0.4 is 0 Å². The molecular formula is C26H38O9. The fourth-order valence-electron chi connectivity index (χ4n) is 9.14. The van der Waals surface area contributed by atoms with Crippen LogP contribution in [0, 0.1) is 39.9 Å². The van der Waals surface area contributed by atoms with Crippen molar-refractivity contribution >= 4 is 17.9 Å². The first-order chi connectivity index (χ1) is 16.4. The molecule has 0 aromatic carbocycles. The summed E-state index contributed by atoms with van der Waals surface area (Å²) in [6, 6.07) is 0. The minimum Gasteiger partial charge on any atom is -0.462 e. The van der Waals surface area contributed by atoms with E-state index in [1.165, 1.54) is 6.92 Å². The molecule has 9 heteroatoms. The first kappa shape index (κ1) is 25.0. The van der Waals surface area contributed by atoms with Crippen LogP contribution in [-0.4, -0.2) is 59.0 Å². The van der Waals surface area contributed by atoms with Gasteiger partial charge in [0.15, 0.2) is 6.29 Å². The molecule has 5 rings (SSSR count). The number of fused-ring (bicyclic) bond motifs is 2. The van der Waals surface area contributed by atoms with Gasteiger partial charge in [-0.2, -0.15) is 0 Å². The van der Waals surface area contributed by atoms with Crippen molar-refractivity contribution in [2.24, 2.45) is 39.9 Å². The number of esters is 3. The van der Waals surface area contributed by atoms with Crippen molar-refractivity contribution in [3.63, 3.8) is 0 Å². The molecule has 0 amide bonds. The number of hydrogen-bond donors (Lipinski definition) is 2. The highest BCUT2D eigenvalue weighted by molar-refractivity contribution is 5.76. The van der Waals surface area contributed by atoms with E-state index in [9.17, 15) is 24.6 Å². The number of rotatable bonds is 4. The summed E-state index contributed by atoms with van der Waals surface area (Å²) in [7, 11) is 0. The molecule has 196 valence electrons. The van der Waals surface area contributed by atoms with Crippen LogP contribution in [0.1, 0.15) is 73.1 Å². The highest BCUT2D eigenvalue weighted by Gasteiger charge is 2.80. The Morgan fingerprint density at radius 3 is 2.49 bits per heavy atom. The molecule has 5 aliphatic rings. The van der Waals surface area contributed by atoms with Crippen molar-refractivity contribution < 1.29 is 43.5 Å². The van der Waals surface area contributed by atoms with E-state index in [-0.39, 0.29) is 30.2 Å². The molecular weight excluding hydrogens is 456 g/mol. The maximum atomic E-state index is 12.9. The van der Waals surface area contributed by atoms with Crippen LogP contribution in [0.25, 0.3) is 0 Å². The molecule has 2 heterocycles. The molecule has 0 aromatic heterocycles. The molecule has 1 spiro atoms. The normalized spacial score (nSPS) is 49.3. The van der Waals surface area contributed by atoms with E-state index >= 15 is 0 Å². The van der Waals surface area contributed by atoms with Gasteiger partial charge < -0.3 is 29.2 Å². The summed E-state index contributed by atoms with van der Waals surface area (Å²) in [6.07, 6.45) is -1.69. The fourth-order valence-corrected chi connectivity index (χ4v) is 9.14. The second kappa shape index (κ2) is 8.15. The molecule has 11 unspecified atom stereocenters. The third-order valence-electron chi connectivity index (χ3n) is 10.1. The molecule has 2 saturated heterocycles. The van der Waals surface area contributed by atoms with Crippen molar-refractivity contribution in [1.29, 1.82) is 0 Å². The molecule has 3 aliphatic carbocycles. The van der Waals surface area contributed by atoms with Gasteiger partial charge in [-0.05, 0) is 43.4 Å². The van der Waals surface area contributed by atoms with Crippen molar-refractivity contribution in [2.75, 3.05) is 0 Å². The standard InChI is InChI=1S/C26H38O9/c1-6-7-16(28)33-20-18(29)19-24(3,4)15(32-12(2)27)10-11-25(19,5)14-9-8-13-17-22(34-21(13)30)35-23(31)26(14,17)20/h13-15,17-20,22-23,29,31H,6-11H2,1-5H3. The van der Waals surface area contributed by atoms with E-state index in [1.54, 1.807) is 0 Å². The molecule has 0 aromatic rings. The molecule has 2 N–H and O–H groups in total. The summed E-state index contributed by atoms with van der Waals surface area (Å²) < 4.78 is 23.1. The predicted octanol–water partition coefficient (Wildman–Crippen LogP) is 2.31. The second-order valence-corrected chi connectivity index (χ2v) is 12.1. The van der Waals surface area contributed by atoms with Crippen molar-refractivity contribution in [2.45, 2.75) is 104 Å². The zero-order valence-corrected chi connectivity index (χ0v) is 21.2. The van der Waals surface area contributed by atoms with E-state index in [2.05, 4.69) is 6.92 Å². The zero-order chi connectivity index (χ0) is 25.5. The van der Waals surface area contributed by atoms with Crippen LogP contribution in [0.15, 0.2) is 0 Å². The van der Waals surface area contributed by atoms with Gasteiger partial charge in [0.25, 0.3) is 0 Å². The van der Waals surface area contributed by atoms with Gasteiger partial charge in [0, 0.05) is 30.6 Å². The van der Waals surface area contributed by atoms with Gasteiger partial charge in [0.1, 0.15) is 12.2 Å². The number of ether oxygens (including phenoxy) is 4. The lowest BCUT2D eigenvalue weighted by molar-refractivity contribution is -0.316. The van der Waals surface area contributed by atoms with E-state index < -0.39 is 64.9 Å². The molecule has 5 fully saturated rings. The van der Waals surface area contributed by atoms with E-state index in [1.807, 2.05) is 20.8 Å². The summed E-state index contributed by atoms with van der Waals surface area (Å²) in [5, 5.41) is 23.6. The van der Waals surface area contributed by atoms with Crippen molar-refractivity contribution in [3.05, 3.63) is 0 Å². The van der Waals surface area contributed by atoms with Crippen molar-refractivity contribution in [3.8, 4) is 0 Å². The third-order valence-corrected chi connectivity index (χ3v) is 10.1. The second-order valence-electron chi connectivity index (χ2n) is 12.1. The summed E-state index contributed by atoms with van der Waals surface area (Å²) in [5.74, 6) is -2.75. The lowest BCUT2D eigenvalue weighted by atomic mass is 9.36. The van der Waals surface area contributed by atoms with E-state index in [0.29, 0.717) is 32.1 Å². The molecule has 0 radical (unpaired) electrons. The predicted molar refractivity (Wildman–Crippen MR) is 120 cm³/mol. The van der Waals surface area contributed by atoms with Gasteiger partial charge in [0.05, 0.1) is 17.4 Å². The van der Waals surface area contributed by atoms with Gasteiger partial charge in [0.2, 0.25) is 6.29 Å². The Labute approximate surface area is 205 Å². The average molecular weight is 495 g/mol. The van der Waals surface area contributed by atoms with Gasteiger partial charge in [-0.25, -0.2) is 0 Å². The summed E-state index contributed by atoms with van der Waals surface area (Å²) in [6.45, 7) is 9.37. The Morgan fingerprint density at radius 1 is 1.11 bits per heavy atom.